The fraction of sp³-hybridized carbons (Fsp3) is 0.357. The van der Waals surface area contributed by atoms with E-state index in [1.165, 1.54) is 27.1 Å². The van der Waals surface area contributed by atoms with Crippen LogP contribution in [-0.4, -0.2) is 59.3 Å². The molecule has 1 saturated heterocycles. The predicted molar refractivity (Wildman–Crippen MR) is 157 cm³/mol. The molecule has 2 aromatic heterocycles. The second-order valence-corrected chi connectivity index (χ2v) is 10.6. The third kappa shape index (κ3) is 6.91. The molecule has 0 bridgehead atoms. The molecule has 2 aliphatic rings. The molecular weight excluding hydrogens is 648 g/mol. The molecule has 1 N–H and O–H groups in total. The summed E-state index contributed by atoms with van der Waals surface area (Å²) in [5, 5.41) is 12.6. The van der Waals surface area contributed by atoms with E-state index in [1.54, 1.807) is 10.9 Å². The van der Waals surface area contributed by atoms with E-state index in [4.69, 9.17) is 14.2 Å². The molecule has 4 heterocycles. The number of aromatic amines is 1. The largest absolute Gasteiger partial charge is 0.502 e. The second-order valence-electron chi connectivity index (χ2n) is 8.85. The van der Waals surface area contributed by atoms with Crippen molar-refractivity contribution >= 4 is 65.6 Å². The fourth-order valence-electron chi connectivity index (χ4n) is 4.29. The van der Waals surface area contributed by atoms with Gasteiger partial charge in [-0.15, -0.1) is 0 Å². The molecule has 2 aliphatic heterocycles. The molecular formula is C28H30Br2N4O6. The molecule has 212 valence electrons. The molecule has 6 rings (SSSR count). The lowest BCUT2D eigenvalue weighted by Crippen LogP contribution is -2.19. The number of nitrogens with one attached hydrogen (secondary N) is 1. The van der Waals surface area contributed by atoms with Gasteiger partial charge < -0.3 is 18.9 Å². The van der Waals surface area contributed by atoms with E-state index >= 15 is 0 Å². The molecule has 0 aliphatic carbocycles. The van der Waals surface area contributed by atoms with Gasteiger partial charge in [0.25, 0.3) is 0 Å². The summed E-state index contributed by atoms with van der Waals surface area (Å²) >= 11 is 6.84. The Hall–Kier alpha value is -3.22. The van der Waals surface area contributed by atoms with E-state index in [9.17, 15) is 9.59 Å². The zero-order chi connectivity index (χ0) is 28.5. The maximum Gasteiger partial charge on any atom is 0.359 e. The summed E-state index contributed by atoms with van der Waals surface area (Å²) in [6.07, 6.45) is 9.17. The number of allylic oxidation sites excluding steroid dienone is 1. The third-order valence-electron chi connectivity index (χ3n) is 6.23. The highest BCUT2D eigenvalue weighted by Crippen LogP contribution is 2.32. The van der Waals surface area contributed by atoms with Crippen LogP contribution in [0, 0.1) is 0 Å². The summed E-state index contributed by atoms with van der Waals surface area (Å²) in [5.74, 6) is -0.875. The van der Waals surface area contributed by atoms with E-state index in [2.05, 4.69) is 51.9 Å². The van der Waals surface area contributed by atoms with Crippen LogP contribution in [0.2, 0.25) is 0 Å². The van der Waals surface area contributed by atoms with E-state index in [0.29, 0.717) is 11.4 Å². The maximum absolute atomic E-state index is 11.9. The van der Waals surface area contributed by atoms with E-state index in [-0.39, 0.29) is 6.23 Å². The van der Waals surface area contributed by atoms with E-state index < -0.39 is 11.9 Å². The number of H-pyrrole nitrogens is 1. The van der Waals surface area contributed by atoms with Crippen molar-refractivity contribution in [3.8, 4) is 0 Å². The molecule has 0 amide bonds. The highest BCUT2D eigenvalue weighted by molar-refractivity contribution is 9.11. The molecule has 1 atom stereocenters. The molecule has 12 heteroatoms. The second kappa shape index (κ2) is 14.4. The van der Waals surface area contributed by atoms with Crippen LogP contribution in [0.25, 0.3) is 21.8 Å². The van der Waals surface area contributed by atoms with Gasteiger partial charge in [-0.1, -0.05) is 44.0 Å². The zero-order valence-corrected chi connectivity index (χ0v) is 25.4. The van der Waals surface area contributed by atoms with Crippen LogP contribution < -0.4 is 0 Å². The number of ether oxygens (including phenoxy) is 4. The van der Waals surface area contributed by atoms with Crippen molar-refractivity contribution in [2.45, 2.75) is 38.3 Å². The van der Waals surface area contributed by atoms with Gasteiger partial charge in [-0.2, -0.15) is 10.2 Å². The van der Waals surface area contributed by atoms with Gasteiger partial charge in [0.15, 0.2) is 17.6 Å². The first kappa shape index (κ1) is 29.8. The first-order chi connectivity index (χ1) is 19.5. The number of halogens is 2. The van der Waals surface area contributed by atoms with Gasteiger partial charge in [0, 0.05) is 26.3 Å². The van der Waals surface area contributed by atoms with E-state index in [1.807, 2.05) is 42.5 Å². The van der Waals surface area contributed by atoms with Crippen molar-refractivity contribution in [2.75, 3.05) is 27.4 Å². The number of methoxy groups -OCH3 is 2. The van der Waals surface area contributed by atoms with Crippen LogP contribution >= 0.6 is 31.9 Å². The summed E-state index contributed by atoms with van der Waals surface area (Å²) in [7, 11) is 2.70. The van der Waals surface area contributed by atoms with Crippen LogP contribution in [0.4, 0.5) is 0 Å². The van der Waals surface area contributed by atoms with Gasteiger partial charge >= 0.3 is 11.9 Å². The molecule has 0 radical (unpaired) electrons. The molecule has 1 fully saturated rings. The highest BCUT2D eigenvalue weighted by atomic mass is 79.9. The Morgan fingerprint density at radius 3 is 2.27 bits per heavy atom. The zero-order valence-electron chi connectivity index (χ0n) is 22.2. The number of esters is 2. The number of rotatable bonds is 3. The summed E-state index contributed by atoms with van der Waals surface area (Å²) < 4.78 is 23.6. The summed E-state index contributed by atoms with van der Waals surface area (Å²) in [5.41, 5.74) is 2.31. The number of aromatic nitrogens is 4. The lowest BCUT2D eigenvalue weighted by atomic mass is 10.1. The minimum atomic E-state index is -0.442. The van der Waals surface area contributed by atoms with E-state index in [0.717, 1.165) is 63.2 Å². The first-order valence-corrected chi connectivity index (χ1v) is 14.4. The molecule has 4 aromatic rings. The van der Waals surface area contributed by atoms with Crippen LogP contribution in [0.15, 0.2) is 57.7 Å². The smallest absolute Gasteiger partial charge is 0.359 e. The third-order valence-corrected chi connectivity index (χ3v) is 7.55. The number of hydrogen-bond acceptors (Lipinski definition) is 8. The van der Waals surface area contributed by atoms with Crippen LogP contribution in [-0.2, 0) is 18.9 Å². The van der Waals surface area contributed by atoms with Crippen LogP contribution in [0.5, 0.6) is 0 Å². The lowest BCUT2D eigenvalue weighted by Gasteiger charge is -2.23. The Balaban J connectivity index is 0.000000159. The maximum atomic E-state index is 11.9. The minimum Gasteiger partial charge on any atom is -0.502 e. The van der Waals surface area contributed by atoms with Crippen molar-refractivity contribution in [1.82, 2.24) is 20.0 Å². The van der Waals surface area contributed by atoms with Gasteiger partial charge in [0.2, 0.25) is 0 Å². The van der Waals surface area contributed by atoms with Crippen LogP contribution in [0.3, 0.4) is 0 Å². The Bertz CT molecular complexity index is 1490. The molecule has 0 saturated carbocycles. The van der Waals surface area contributed by atoms with Crippen molar-refractivity contribution in [1.29, 1.82) is 0 Å². The van der Waals surface area contributed by atoms with Gasteiger partial charge in [0.1, 0.15) is 0 Å². The number of nitrogens with zero attached hydrogens (tertiary/aromatic N) is 3. The number of carbonyl (C=O) groups is 2. The van der Waals surface area contributed by atoms with Gasteiger partial charge in [-0.3, -0.25) is 5.10 Å². The fourth-order valence-corrected chi connectivity index (χ4v) is 5.39. The first-order valence-electron chi connectivity index (χ1n) is 12.8. The Kier molecular flexibility index (Phi) is 10.7. The van der Waals surface area contributed by atoms with Gasteiger partial charge in [-0.05, 0) is 62.4 Å². The number of fused-ring (bicyclic) bond motifs is 2. The Morgan fingerprint density at radius 2 is 1.68 bits per heavy atom. The normalized spacial score (nSPS) is 16.2. The van der Waals surface area contributed by atoms with Gasteiger partial charge in [-0.25, -0.2) is 14.3 Å². The molecule has 1 unspecified atom stereocenters. The summed E-state index contributed by atoms with van der Waals surface area (Å²) in [4.78, 5) is 23.2. The van der Waals surface area contributed by atoms with Crippen molar-refractivity contribution in [3.05, 3.63) is 69.1 Å². The predicted octanol–water partition coefficient (Wildman–Crippen LogP) is 6.71. The van der Waals surface area contributed by atoms with Crippen molar-refractivity contribution in [2.24, 2.45) is 0 Å². The average molecular weight is 678 g/mol. The quantitative estimate of drug-likeness (QED) is 0.238. The molecule has 10 nitrogen and oxygen atoms in total. The minimum absolute atomic E-state index is 0.112. The van der Waals surface area contributed by atoms with Crippen molar-refractivity contribution < 1.29 is 28.5 Å². The highest BCUT2D eigenvalue weighted by Gasteiger charge is 2.25. The average Bonchev–Trinajstić information content (AvgIpc) is 3.62. The summed E-state index contributed by atoms with van der Waals surface area (Å²) in [6.45, 7) is 1.64. The monoisotopic (exact) mass is 676 g/mol. The molecule has 40 heavy (non-hydrogen) atoms. The van der Waals surface area contributed by atoms with Crippen molar-refractivity contribution in [3.63, 3.8) is 0 Å². The number of hydrogen-bond donors (Lipinski definition) is 1. The van der Waals surface area contributed by atoms with Gasteiger partial charge in [0.05, 0.1) is 38.1 Å². The standard InChI is InChI=1S/C14H15BrN2O3.C9H7BrN2O2.C5H8O/c1-19-14(18)13-12-9(15)5-4-6-10(12)17(16-13)11-7-2-3-8-20-11;1-14-9(13)8-7-5(10)3-2-4-6(7)11-12-8;1-2-4-6-5-3-1/h4-6,11H,2-3,7-8H2,1H3;2-4H,1H3,(H,11,12);2,4H,1,3,5H2. The number of benzene rings is 2. The Morgan fingerprint density at radius 1 is 0.950 bits per heavy atom. The lowest BCUT2D eigenvalue weighted by molar-refractivity contribution is -0.0369. The SMILES string of the molecule is C1=COCCC1.COC(=O)c1n[nH]c2cccc(Br)c12.COC(=O)c1nn(C2CCCCO2)c2cccc(Br)c12. The van der Waals surface area contributed by atoms with Crippen LogP contribution in [0.1, 0.15) is 59.3 Å². The summed E-state index contributed by atoms with van der Waals surface area (Å²) in [6, 6.07) is 11.3. The topological polar surface area (TPSA) is 118 Å². The number of carbonyl (C=O) groups excluding carboxylic acids is 2. The molecule has 2 aromatic carbocycles. The Labute approximate surface area is 248 Å². The molecule has 0 spiro atoms.